The fourth-order valence-corrected chi connectivity index (χ4v) is 5.10. The number of amides is 1. The van der Waals surface area contributed by atoms with Gasteiger partial charge in [-0.2, -0.15) is 5.10 Å². The predicted molar refractivity (Wildman–Crippen MR) is 120 cm³/mol. The van der Waals surface area contributed by atoms with Crippen molar-refractivity contribution in [3.05, 3.63) is 51.5 Å². The summed E-state index contributed by atoms with van der Waals surface area (Å²) in [4.78, 5) is 17.1. The number of hydrogen-bond donors (Lipinski definition) is 1. The Balaban J connectivity index is 1.47. The van der Waals surface area contributed by atoms with E-state index in [4.69, 9.17) is 11.6 Å². The fourth-order valence-electron chi connectivity index (χ4n) is 3.91. The van der Waals surface area contributed by atoms with Gasteiger partial charge in [-0.05, 0) is 57.4 Å². The van der Waals surface area contributed by atoms with E-state index in [1.54, 1.807) is 0 Å². The SMILES string of the molecule is Cc1nn(Cc2ccc(Cl)cc2)c2sc(C(=O)NC3CCN(C(C)C)CC3)cc12. The maximum Gasteiger partial charge on any atom is 0.261 e. The Kier molecular flexibility index (Phi) is 5.95. The van der Waals surface area contributed by atoms with Crippen molar-refractivity contribution in [2.45, 2.75) is 52.2 Å². The van der Waals surface area contributed by atoms with E-state index < -0.39 is 0 Å². The van der Waals surface area contributed by atoms with E-state index in [-0.39, 0.29) is 11.9 Å². The fraction of sp³-hybridized carbons (Fsp3) is 0.455. The van der Waals surface area contributed by atoms with Crippen molar-refractivity contribution in [3.63, 3.8) is 0 Å². The van der Waals surface area contributed by atoms with E-state index >= 15 is 0 Å². The van der Waals surface area contributed by atoms with E-state index in [1.165, 1.54) is 11.3 Å². The molecule has 1 saturated heterocycles. The number of carbonyl (C=O) groups excluding carboxylic acids is 1. The molecule has 0 radical (unpaired) electrons. The van der Waals surface area contributed by atoms with Gasteiger partial charge in [0.1, 0.15) is 4.83 Å². The number of hydrogen-bond acceptors (Lipinski definition) is 4. The molecule has 0 atom stereocenters. The lowest BCUT2D eigenvalue weighted by molar-refractivity contribution is 0.0905. The number of halogens is 1. The molecule has 2 aromatic heterocycles. The third kappa shape index (κ3) is 4.49. The van der Waals surface area contributed by atoms with Crippen LogP contribution in [0.2, 0.25) is 5.02 Å². The average molecular weight is 431 g/mol. The molecule has 0 aliphatic carbocycles. The Hall–Kier alpha value is -1.89. The number of nitrogens with one attached hydrogen (secondary N) is 1. The summed E-state index contributed by atoms with van der Waals surface area (Å²) in [6.07, 6.45) is 2.02. The average Bonchev–Trinajstić information content (AvgIpc) is 3.26. The zero-order valence-corrected chi connectivity index (χ0v) is 18.7. The monoisotopic (exact) mass is 430 g/mol. The molecule has 3 heterocycles. The van der Waals surface area contributed by atoms with Gasteiger partial charge >= 0.3 is 0 Å². The minimum atomic E-state index is 0.0339. The zero-order chi connectivity index (χ0) is 20.5. The Morgan fingerprint density at radius 2 is 1.97 bits per heavy atom. The van der Waals surface area contributed by atoms with Crippen molar-refractivity contribution in [1.29, 1.82) is 0 Å². The molecule has 0 saturated carbocycles. The standard InChI is InChI=1S/C22H27ClN4OS/c1-14(2)26-10-8-18(9-11-26)24-21(28)20-12-19-15(3)25-27(22(19)29-20)13-16-4-6-17(23)7-5-16/h4-7,12,14,18H,8-11,13H2,1-3H3,(H,24,28). The summed E-state index contributed by atoms with van der Waals surface area (Å²) in [5, 5.41) is 9.69. The Morgan fingerprint density at radius 1 is 1.28 bits per heavy atom. The van der Waals surface area contributed by atoms with Crippen molar-refractivity contribution < 1.29 is 4.79 Å². The Labute approximate surface area is 180 Å². The van der Waals surface area contributed by atoms with E-state index in [2.05, 4.69) is 29.2 Å². The van der Waals surface area contributed by atoms with E-state index in [1.807, 2.05) is 41.9 Å². The lowest BCUT2D eigenvalue weighted by Crippen LogP contribution is -2.46. The van der Waals surface area contributed by atoms with Crippen LogP contribution in [-0.4, -0.2) is 45.8 Å². The van der Waals surface area contributed by atoms with Crippen LogP contribution in [0.25, 0.3) is 10.2 Å². The van der Waals surface area contributed by atoms with Crippen LogP contribution in [0.1, 0.15) is 47.6 Å². The van der Waals surface area contributed by atoms with Crippen LogP contribution in [0.4, 0.5) is 0 Å². The molecule has 154 valence electrons. The second-order valence-electron chi connectivity index (χ2n) is 8.08. The number of nitrogens with zero attached hydrogens (tertiary/aromatic N) is 3. The first-order valence-corrected chi connectivity index (χ1v) is 11.4. The molecule has 7 heteroatoms. The molecule has 1 aromatic carbocycles. The topological polar surface area (TPSA) is 50.2 Å². The first-order valence-electron chi connectivity index (χ1n) is 10.2. The molecular weight excluding hydrogens is 404 g/mol. The molecule has 1 fully saturated rings. The largest absolute Gasteiger partial charge is 0.349 e. The highest BCUT2D eigenvalue weighted by molar-refractivity contribution is 7.20. The number of benzene rings is 1. The second-order valence-corrected chi connectivity index (χ2v) is 9.54. The summed E-state index contributed by atoms with van der Waals surface area (Å²) in [7, 11) is 0. The van der Waals surface area contributed by atoms with Crippen molar-refractivity contribution in [2.24, 2.45) is 0 Å². The lowest BCUT2D eigenvalue weighted by atomic mass is 10.0. The quantitative estimate of drug-likeness (QED) is 0.637. The summed E-state index contributed by atoms with van der Waals surface area (Å²) in [5.41, 5.74) is 2.09. The van der Waals surface area contributed by atoms with Crippen LogP contribution >= 0.6 is 22.9 Å². The van der Waals surface area contributed by atoms with Crippen LogP contribution in [0, 0.1) is 6.92 Å². The minimum absolute atomic E-state index is 0.0339. The molecule has 5 nitrogen and oxygen atoms in total. The number of carbonyl (C=O) groups is 1. The molecule has 3 aromatic rings. The third-order valence-corrected chi connectivity index (χ3v) is 7.07. The molecule has 0 bridgehead atoms. The normalized spacial score (nSPS) is 16.0. The van der Waals surface area contributed by atoms with Gasteiger partial charge in [0.25, 0.3) is 5.91 Å². The highest BCUT2D eigenvalue weighted by atomic mass is 35.5. The van der Waals surface area contributed by atoms with Gasteiger partial charge in [-0.3, -0.25) is 9.48 Å². The number of likely N-dealkylation sites (tertiary alicyclic amines) is 1. The van der Waals surface area contributed by atoms with Crippen LogP contribution in [-0.2, 0) is 6.54 Å². The van der Waals surface area contributed by atoms with E-state index in [9.17, 15) is 4.79 Å². The molecule has 1 aliphatic heterocycles. The highest BCUT2D eigenvalue weighted by Gasteiger charge is 2.24. The summed E-state index contributed by atoms with van der Waals surface area (Å²) < 4.78 is 1.98. The number of fused-ring (bicyclic) bond motifs is 1. The van der Waals surface area contributed by atoms with Gasteiger partial charge in [-0.1, -0.05) is 23.7 Å². The third-order valence-electron chi connectivity index (χ3n) is 5.67. The first-order chi connectivity index (χ1) is 13.9. The van der Waals surface area contributed by atoms with Gasteiger partial charge in [0.05, 0.1) is 17.1 Å². The van der Waals surface area contributed by atoms with E-state index in [0.717, 1.165) is 57.3 Å². The molecule has 4 rings (SSSR count). The molecule has 0 unspecified atom stereocenters. The van der Waals surface area contributed by atoms with Crippen LogP contribution in [0.15, 0.2) is 30.3 Å². The molecule has 0 spiro atoms. The Morgan fingerprint density at radius 3 is 2.62 bits per heavy atom. The molecular formula is C22H27ClN4OS. The summed E-state index contributed by atoms with van der Waals surface area (Å²) in [6, 6.07) is 10.6. The lowest BCUT2D eigenvalue weighted by Gasteiger charge is -2.34. The van der Waals surface area contributed by atoms with Gasteiger partial charge in [-0.25, -0.2) is 0 Å². The summed E-state index contributed by atoms with van der Waals surface area (Å²) >= 11 is 7.51. The van der Waals surface area contributed by atoms with Crippen molar-refractivity contribution in [3.8, 4) is 0 Å². The summed E-state index contributed by atoms with van der Waals surface area (Å²) in [5.74, 6) is 0.0339. The van der Waals surface area contributed by atoms with Gasteiger partial charge in [0.15, 0.2) is 0 Å². The van der Waals surface area contributed by atoms with Crippen LogP contribution < -0.4 is 5.32 Å². The Bertz CT molecular complexity index is 1000. The molecule has 1 aliphatic rings. The van der Waals surface area contributed by atoms with E-state index in [0.29, 0.717) is 12.6 Å². The zero-order valence-electron chi connectivity index (χ0n) is 17.1. The number of aryl methyl sites for hydroxylation is 1. The second kappa shape index (κ2) is 8.46. The number of piperidine rings is 1. The summed E-state index contributed by atoms with van der Waals surface area (Å²) in [6.45, 7) is 9.21. The van der Waals surface area contributed by atoms with Gasteiger partial charge < -0.3 is 10.2 Å². The van der Waals surface area contributed by atoms with Crippen molar-refractivity contribution in [1.82, 2.24) is 20.0 Å². The maximum absolute atomic E-state index is 12.9. The maximum atomic E-state index is 12.9. The van der Waals surface area contributed by atoms with Gasteiger partial charge in [-0.15, -0.1) is 11.3 Å². The van der Waals surface area contributed by atoms with Crippen molar-refractivity contribution in [2.75, 3.05) is 13.1 Å². The minimum Gasteiger partial charge on any atom is -0.349 e. The molecule has 1 N–H and O–H groups in total. The number of aromatic nitrogens is 2. The van der Waals surface area contributed by atoms with Crippen LogP contribution in [0.3, 0.4) is 0 Å². The van der Waals surface area contributed by atoms with Crippen LogP contribution in [0.5, 0.6) is 0 Å². The predicted octanol–water partition coefficient (Wildman–Crippen LogP) is 4.71. The first kappa shape index (κ1) is 20.4. The molecule has 1 amide bonds. The van der Waals surface area contributed by atoms with Gasteiger partial charge in [0, 0.05) is 35.6 Å². The number of thiophene rings is 1. The smallest absolute Gasteiger partial charge is 0.261 e. The number of rotatable bonds is 5. The highest BCUT2D eigenvalue weighted by Crippen LogP contribution is 2.29. The van der Waals surface area contributed by atoms with Gasteiger partial charge in [0.2, 0.25) is 0 Å². The molecule has 29 heavy (non-hydrogen) atoms. The van der Waals surface area contributed by atoms with Crippen molar-refractivity contribution >= 4 is 39.1 Å².